The van der Waals surface area contributed by atoms with Gasteiger partial charge in [-0.1, -0.05) is 29.4 Å². The van der Waals surface area contributed by atoms with Gasteiger partial charge in [0, 0.05) is 45.0 Å². The number of nitrogens with zero attached hydrogens (tertiary/aromatic N) is 2. The first-order valence-corrected chi connectivity index (χ1v) is 10.9. The summed E-state index contributed by atoms with van der Waals surface area (Å²) in [5.74, 6) is -0.305. The van der Waals surface area contributed by atoms with Crippen molar-refractivity contribution in [2.45, 2.75) is 13.1 Å². The lowest BCUT2D eigenvalue weighted by atomic mass is 10.1. The summed E-state index contributed by atoms with van der Waals surface area (Å²) in [5, 5.41) is 21.8. The number of nitrogens with one attached hydrogen (secondary N) is 4. The minimum atomic E-state index is -0.361. The lowest BCUT2D eigenvalue weighted by Crippen LogP contribution is -2.42. The molecule has 2 heterocycles. The van der Waals surface area contributed by atoms with E-state index in [1.807, 2.05) is 0 Å². The smallest absolute Gasteiger partial charge is 0.171 e. The molecule has 1 fully saturated rings. The zero-order valence-electron chi connectivity index (χ0n) is 16.9. The van der Waals surface area contributed by atoms with Crippen LogP contribution in [0.5, 0.6) is 0 Å². The van der Waals surface area contributed by atoms with Crippen molar-refractivity contribution in [2.75, 3.05) is 36.8 Å². The molecule has 0 spiro atoms. The third-order valence-electron chi connectivity index (χ3n) is 5.12. The van der Waals surface area contributed by atoms with Gasteiger partial charge in [-0.25, -0.2) is 4.39 Å². The molecule has 31 heavy (non-hydrogen) atoms. The number of anilines is 2. The Morgan fingerprint density at radius 3 is 2.65 bits per heavy atom. The van der Waals surface area contributed by atoms with Crippen LogP contribution in [-0.2, 0) is 13.1 Å². The van der Waals surface area contributed by atoms with Crippen molar-refractivity contribution in [3.63, 3.8) is 0 Å². The minimum absolute atomic E-state index is 0.0566. The lowest BCUT2D eigenvalue weighted by Gasteiger charge is -2.27. The fourth-order valence-corrected chi connectivity index (χ4v) is 3.79. The molecule has 0 radical (unpaired) electrons. The van der Waals surface area contributed by atoms with E-state index in [1.54, 1.807) is 12.1 Å². The van der Waals surface area contributed by atoms with Crippen molar-refractivity contribution in [3.05, 3.63) is 75.8 Å². The molecule has 9 heteroatoms. The predicted molar refractivity (Wildman–Crippen MR) is 123 cm³/mol. The van der Waals surface area contributed by atoms with E-state index in [2.05, 4.69) is 66.2 Å². The molecule has 0 aliphatic carbocycles. The molecule has 1 aromatic heterocycles. The summed E-state index contributed by atoms with van der Waals surface area (Å²) >= 11 is 3.15. The van der Waals surface area contributed by atoms with E-state index in [0.29, 0.717) is 28.1 Å². The molecule has 0 saturated carbocycles. The zero-order valence-corrected chi connectivity index (χ0v) is 18.5. The SMILES string of the molecule is N=C(Nc1ccc(F)c(Br)c1)c1nocc1NCc1ccc(CN2CCNCC2)cc1. The summed E-state index contributed by atoms with van der Waals surface area (Å²) in [6.45, 7) is 5.80. The Morgan fingerprint density at radius 2 is 1.90 bits per heavy atom. The number of rotatable bonds is 7. The third-order valence-corrected chi connectivity index (χ3v) is 5.72. The largest absolute Gasteiger partial charge is 0.376 e. The highest BCUT2D eigenvalue weighted by atomic mass is 79.9. The van der Waals surface area contributed by atoms with Crippen molar-refractivity contribution >= 4 is 33.1 Å². The van der Waals surface area contributed by atoms with Gasteiger partial charge in [-0.3, -0.25) is 10.3 Å². The summed E-state index contributed by atoms with van der Waals surface area (Å²) in [4.78, 5) is 2.45. The molecule has 0 bridgehead atoms. The summed E-state index contributed by atoms with van der Waals surface area (Å²) in [5.41, 5.74) is 3.97. The molecule has 1 aliphatic heterocycles. The van der Waals surface area contributed by atoms with Crippen LogP contribution in [0.4, 0.5) is 15.8 Å². The average Bonchev–Trinajstić information content (AvgIpc) is 3.25. The van der Waals surface area contributed by atoms with E-state index in [1.165, 1.54) is 17.9 Å². The van der Waals surface area contributed by atoms with Crippen LogP contribution in [0.25, 0.3) is 0 Å². The van der Waals surface area contributed by atoms with Gasteiger partial charge < -0.3 is 20.5 Å². The van der Waals surface area contributed by atoms with Crippen LogP contribution in [0, 0.1) is 11.2 Å². The summed E-state index contributed by atoms with van der Waals surface area (Å²) in [6, 6.07) is 13.0. The van der Waals surface area contributed by atoms with Crippen LogP contribution >= 0.6 is 15.9 Å². The van der Waals surface area contributed by atoms with Crippen molar-refractivity contribution in [3.8, 4) is 0 Å². The van der Waals surface area contributed by atoms with Gasteiger partial charge in [0.25, 0.3) is 0 Å². The highest BCUT2D eigenvalue weighted by Crippen LogP contribution is 2.22. The lowest BCUT2D eigenvalue weighted by molar-refractivity contribution is 0.233. The van der Waals surface area contributed by atoms with Gasteiger partial charge >= 0.3 is 0 Å². The van der Waals surface area contributed by atoms with Crippen molar-refractivity contribution in [2.24, 2.45) is 0 Å². The maximum Gasteiger partial charge on any atom is 0.171 e. The molecule has 3 aromatic rings. The van der Waals surface area contributed by atoms with Crippen molar-refractivity contribution in [1.82, 2.24) is 15.4 Å². The van der Waals surface area contributed by atoms with Crippen LogP contribution in [0.3, 0.4) is 0 Å². The number of benzene rings is 2. The third kappa shape index (κ3) is 5.69. The Kier molecular flexibility index (Phi) is 6.96. The van der Waals surface area contributed by atoms with Gasteiger partial charge in [-0.05, 0) is 45.3 Å². The van der Waals surface area contributed by atoms with Gasteiger partial charge in [-0.15, -0.1) is 0 Å². The van der Waals surface area contributed by atoms with Gasteiger partial charge in [0.2, 0.25) is 0 Å². The van der Waals surface area contributed by atoms with Gasteiger partial charge in [0.15, 0.2) is 11.5 Å². The highest BCUT2D eigenvalue weighted by Gasteiger charge is 2.14. The molecule has 7 nitrogen and oxygen atoms in total. The molecule has 0 atom stereocenters. The number of amidine groups is 1. The maximum atomic E-state index is 13.4. The predicted octanol–water partition coefficient (Wildman–Crippen LogP) is 4.03. The standard InChI is InChI=1S/C22H24BrFN6O/c23-18-11-17(5-6-19(18)24)28-22(25)21-20(14-31-29-21)27-12-15-1-3-16(4-2-15)13-30-9-7-26-8-10-30/h1-6,11,14,26-27H,7-10,12-13H2,(H2,25,28). The molecule has 0 unspecified atom stereocenters. The molecule has 1 saturated heterocycles. The van der Waals surface area contributed by atoms with Gasteiger partial charge in [0.1, 0.15) is 17.8 Å². The molecule has 1 aliphatic rings. The number of halogens is 2. The van der Waals surface area contributed by atoms with E-state index in [0.717, 1.165) is 38.3 Å². The highest BCUT2D eigenvalue weighted by molar-refractivity contribution is 9.10. The molecule has 0 amide bonds. The number of piperazine rings is 1. The summed E-state index contributed by atoms with van der Waals surface area (Å²) in [6.07, 6.45) is 1.48. The second kappa shape index (κ2) is 10.0. The molecular formula is C22H24BrFN6O. The second-order valence-corrected chi connectivity index (χ2v) is 8.26. The number of hydrogen-bond acceptors (Lipinski definition) is 6. The Bertz CT molecular complexity index is 1030. The fourth-order valence-electron chi connectivity index (χ4n) is 3.41. The first-order chi connectivity index (χ1) is 15.1. The molecule has 162 valence electrons. The van der Waals surface area contributed by atoms with Gasteiger partial charge in [-0.2, -0.15) is 0 Å². The Balaban J connectivity index is 1.33. The van der Waals surface area contributed by atoms with E-state index in [-0.39, 0.29) is 11.7 Å². The van der Waals surface area contributed by atoms with Crippen LogP contribution < -0.4 is 16.0 Å². The monoisotopic (exact) mass is 486 g/mol. The van der Waals surface area contributed by atoms with E-state index in [9.17, 15) is 4.39 Å². The van der Waals surface area contributed by atoms with E-state index in [4.69, 9.17) is 9.93 Å². The fraction of sp³-hybridized carbons (Fsp3) is 0.273. The number of aromatic nitrogens is 1. The second-order valence-electron chi connectivity index (χ2n) is 7.40. The Morgan fingerprint density at radius 1 is 1.16 bits per heavy atom. The molecule has 4 rings (SSSR count). The molecule has 2 aromatic carbocycles. The topological polar surface area (TPSA) is 89.2 Å². The van der Waals surface area contributed by atoms with Crippen LogP contribution in [0.2, 0.25) is 0 Å². The summed E-state index contributed by atoms with van der Waals surface area (Å²) in [7, 11) is 0. The first-order valence-electron chi connectivity index (χ1n) is 10.1. The van der Waals surface area contributed by atoms with Crippen molar-refractivity contribution < 1.29 is 8.91 Å². The Hall–Kier alpha value is -2.75. The number of hydrogen-bond donors (Lipinski definition) is 4. The minimum Gasteiger partial charge on any atom is -0.376 e. The van der Waals surface area contributed by atoms with E-state index >= 15 is 0 Å². The summed E-state index contributed by atoms with van der Waals surface area (Å²) < 4.78 is 18.8. The zero-order chi connectivity index (χ0) is 21.6. The van der Waals surface area contributed by atoms with Crippen molar-refractivity contribution in [1.29, 1.82) is 5.41 Å². The van der Waals surface area contributed by atoms with Crippen LogP contribution in [-0.4, -0.2) is 42.1 Å². The van der Waals surface area contributed by atoms with Crippen LogP contribution in [0.1, 0.15) is 16.8 Å². The molecule has 4 N–H and O–H groups in total. The normalized spacial score (nSPS) is 14.4. The average molecular weight is 487 g/mol. The Labute approximate surface area is 188 Å². The first kappa shape index (κ1) is 21.5. The quantitative estimate of drug-likeness (QED) is 0.297. The maximum absolute atomic E-state index is 13.4. The molecular weight excluding hydrogens is 463 g/mol. The van der Waals surface area contributed by atoms with Crippen LogP contribution in [0.15, 0.2) is 57.7 Å². The van der Waals surface area contributed by atoms with E-state index < -0.39 is 0 Å². The van der Waals surface area contributed by atoms with Gasteiger partial charge in [0.05, 0.1) is 4.47 Å².